The summed E-state index contributed by atoms with van der Waals surface area (Å²) in [6, 6.07) is 6.25. The Kier molecular flexibility index (Phi) is 5.64. The second-order valence-corrected chi connectivity index (χ2v) is 8.45. The van der Waals surface area contributed by atoms with Crippen LogP contribution in [0.4, 0.5) is 0 Å². The Hall–Kier alpha value is -1.89. The minimum atomic E-state index is -3.16. The fourth-order valence-electron chi connectivity index (χ4n) is 2.99. The lowest BCUT2D eigenvalue weighted by Crippen LogP contribution is -2.50. The van der Waals surface area contributed by atoms with E-state index in [2.05, 4.69) is 0 Å². The minimum Gasteiger partial charge on any atom is -0.467 e. The van der Waals surface area contributed by atoms with Gasteiger partial charge in [-0.05, 0) is 25.8 Å². The molecule has 0 N–H and O–H groups in total. The molecule has 0 unspecified atom stereocenters. The fourth-order valence-corrected chi connectivity index (χ4v) is 4.70. The average Bonchev–Trinajstić information content (AvgIpc) is 2.88. The van der Waals surface area contributed by atoms with Crippen molar-refractivity contribution in [3.63, 3.8) is 0 Å². The maximum atomic E-state index is 12.8. The lowest BCUT2D eigenvalue weighted by atomic mass is 10.1. The van der Waals surface area contributed by atoms with E-state index in [9.17, 15) is 18.0 Å². The summed E-state index contributed by atoms with van der Waals surface area (Å²) >= 11 is 0. The summed E-state index contributed by atoms with van der Waals surface area (Å²) in [5, 5.41) is 0. The van der Waals surface area contributed by atoms with E-state index in [1.165, 1.54) is 12.0 Å². The summed E-state index contributed by atoms with van der Waals surface area (Å²) in [5.41, 5.74) is 1.92. The average molecular weight is 353 g/mol. The number of esters is 1. The predicted octanol–water partition coefficient (Wildman–Crippen LogP) is 1.11. The molecule has 24 heavy (non-hydrogen) atoms. The summed E-state index contributed by atoms with van der Waals surface area (Å²) in [5.74, 6) is -0.871. The van der Waals surface area contributed by atoms with Crippen LogP contribution >= 0.6 is 0 Å². The van der Waals surface area contributed by atoms with Crippen LogP contribution in [0.5, 0.6) is 0 Å². The minimum absolute atomic E-state index is 0.0415. The molecule has 7 heteroatoms. The molecule has 1 fully saturated rings. The van der Waals surface area contributed by atoms with Crippen LogP contribution in [0.1, 0.15) is 24.5 Å². The standard InChI is InChI=1S/C17H23NO5S/c1-12-4-6-14(7-5-12)10-16(19)18(13(2)17(20)23-3)15-8-9-24(21,22)11-15/h4-7,13,15H,8-11H2,1-3H3/t13-,15+/m0/s1. The highest BCUT2D eigenvalue weighted by Crippen LogP contribution is 2.22. The third kappa shape index (κ3) is 4.35. The molecule has 0 spiro atoms. The zero-order valence-corrected chi connectivity index (χ0v) is 15.0. The first-order valence-electron chi connectivity index (χ1n) is 7.88. The third-order valence-electron chi connectivity index (χ3n) is 4.33. The Bertz CT molecular complexity index is 711. The number of hydrogen-bond donors (Lipinski definition) is 0. The van der Waals surface area contributed by atoms with Crippen LogP contribution in [0, 0.1) is 6.92 Å². The van der Waals surface area contributed by atoms with Crippen LogP contribution in [0.15, 0.2) is 24.3 Å². The molecule has 1 heterocycles. The van der Waals surface area contributed by atoms with Gasteiger partial charge in [0.15, 0.2) is 9.84 Å². The molecule has 2 atom stereocenters. The summed E-state index contributed by atoms with van der Waals surface area (Å²) in [6.45, 7) is 3.53. The molecule has 0 aliphatic carbocycles. The molecule has 6 nitrogen and oxygen atoms in total. The zero-order valence-electron chi connectivity index (χ0n) is 14.2. The van der Waals surface area contributed by atoms with Crippen molar-refractivity contribution in [2.24, 2.45) is 0 Å². The van der Waals surface area contributed by atoms with E-state index < -0.39 is 27.9 Å². The Morgan fingerprint density at radius 2 is 1.92 bits per heavy atom. The number of amides is 1. The number of hydrogen-bond acceptors (Lipinski definition) is 5. The first kappa shape index (κ1) is 18.4. The van der Waals surface area contributed by atoms with Crippen LogP contribution < -0.4 is 0 Å². The van der Waals surface area contributed by atoms with Crippen LogP contribution in [-0.2, 0) is 30.6 Å². The zero-order chi connectivity index (χ0) is 17.9. The summed E-state index contributed by atoms with van der Waals surface area (Å²) < 4.78 is 28.3. The number of nitrogens with zero attached hydrogens (tertiary/aromatic N) is 1. The molecule has 1 aromatic rings. The first-order valence-corrected chi connectivity index (χ1v) is 9.70. The molecule has 0 bridgehead atoms. The van der Waals surface area contributed by atoms with Gasteiger partial charge in [-0.25, -0.2) is 13.2 Å². The lowest BCUT2D eigenvalue weighted by molar-refractivity contribution is -0.153. The molecule has 0 saturated carbocycles. The molecular formula is C17H23NO5S. The van der Waals surface area contributed by atoms with Gasteiger partial charge in [-0.1, -0.05) is 29.8 Å². The molecule has 2 rings (SSSR count). The fraction of sp³-hybridized carbons (Fsp3) is 0.529. The van der Waals surface area contributed by atoms with Gasteiger partial charge in [0.1, 0.15) is 6.04 Å². The van der Waals surface area contributed by atoms with Gasteiger partial charge in [-0.2, -0.15) is 0 Å². The maximum absolute atomic E-state index is 12.8. The first-order chi connectivity index (χ1) is 11.2. The number of aryl methyl sites for hydroxylation is 1. The number of carbonyl (C=O) groups excluding carboxylic acids is 2. The van der Waals surface area contributed by atoms with E-state index in [0.717, 1.165) is 11.1 Å². The van der Waals surface area contributed by atoms with E-state index in [1.54, 1.807) is 6.92 Å². The van der Waals surface area contributed by atoms with E-state index in [0.29, 0.717) is 6.42 Å². The van der Waals surface area contributed by atoms with Gasteiger partial charge in [0.25, 0.3) is 0 Å². The normalized spacial score (nSPS) is 20.4. The third-order valence-corrected chi connectivity index (χ3v) is 6.08. The quantitative estimate of drug-likeness (QED) is 0.741. The van der Waals surface area contributed by atoms with Crippen molar-refractivity contribution < 1.29 is 22.7 Å². The number of methoxy groups -OCH3 is 1. The highest BCUT2D eigenvalue weighted by molar-refractivity contribution is 7.91. The van der Waals surface area contributed by atoms with E-state index in [4.69, 9.17) is 4.74 Å². The smallest absolute Gasteiger partial charge is 0.328 e. The van der Waals surface area contributed by atoms with Crippen molar-refractivity contribution in [3.05, 3.63) is 35.4 Å². The Morgan fingerprint density at radius 1 is 1.29 bits per heavy atom. The maximum Gasteiger partial charge on any atom is 0.328 e. The SMILES string of the molecule is COC(=O)[C@H](C)N(C(=O)Cc1ccc(C)cc1)[C@@H]1CCS(=O)(=O)C1. The van der Waals surface area contributed by atoms with E-state index in [1.807, 2.05) is 31.2 Å². The van der Waals surface area contributed by atoms with Crippen molar-refractivity contribution in [1.29, 1.82) is 0 Å². The lowest BCUT2D eigenvalue weighted by Gasteiger charge is -2.32. The monoisotopic (exact) mass is 353 g/mol. The van der Waals surface area contributed by atoms with E-state index >= 15 is 0 Å². The number of rotatable bonds is 5. The second-order valence-electron chi connectivity index (χ2n) is 6.22. The predicted molar refractivity (Wildman–Crippen MR) is 90.3 cm³/mol. The molecule has 0 aromatic heterocycles. The molecule has 132 valence electrons. The number of benzene rings is 1. The molecule has 1 saturated heterocycles. The molecular weight excluding hydrogens is 330 g/mol. The Labute approximate surface area is 142 Å². The van der Waals surface area contributed by atoms with Crippen molar-refractivity contribution in [2.75, 3.05) is 18.6 Å². The topological polar surface area (TPSA) is 80.8 Å². The van der Waals surface area contributed by atoms with Crippen molar-refractivity contribution >= 4 is 21.7 Å². The number of sulfone groups is 1. The largest absolute Gasteiger partial charge is 0.467 e. The summed E-state index contributed by atoms with van der Waals surface area (Å²) in [4.78, 5) is 26.1. The van der Waals surface area contributed by atoms with Crippen molar-refractivity contribution in [1.82, 2.24) is 4.90 Å². The molecule has 1 aromatic carbocycles. The molecule has 1 amide bonds. The van der Waals surface area contributed by atoms with Gasteiger partial charge in [-0.15, -0.1) is 0 Å². The number of carbonyl (C=O) groups is 2. The number of ether oxygens (including phenoxy) is 1. The summed E-state index contributed by atoms with van der Waals surface area (Å²) in [7, 11) is -1.91. The molecule has 1 aliphatic rings. The molecule has 1 aliphatic heterocycles. The summed E-state index contributed by atoms with van der Waals surface area (Å²) in [6.07, 6.45) is 0.474. The van der Waals surface area contributed by atoms with Crippen LogP contribution in [0.25, 0.3) is 0 Å². The van der Waals surface area contributed by atoms with E-state index in [-0.39, 0.29) is 23.8 Å². The van der Waals surface area contributed by atoms with Gasteiger partial charge in [0.05, 0.1) is 25.0 Å². The van der Waals surface area contributed by atoms with Gasteiger partial charge >= 0.3 is 5.97 Å². The van der Waals surface area contributed by atoms with Gasteiger partial charge < -0.3 is 9.64 Å². The van der Waals surface area contributed by atoms with Crippen LogP contribution in [0.2, 0.25) is 0 Å². The van der Waals surface area contributed by atoms with Gasteiger partial charge in [-0.3, -0.25) is 4.79 Å². The Balaban J connectivity index is 2.22. The Morgan fingerprint density at radius 3 is 2.42 bits per heavy atom. The highest BCUT2D eigenvalue weighted by Gasteiger charge is 2.39. The van der Waals surface area contributed by atoms with Crippen molar-refractivity contribution in [2.45, 2.75) is 38.8 Å². The molecule has 0 radical (unpaired) electrons. The second kappa shape index (κ2) is 7.34. The van der Waals surface area contributed by atoms with Crippen LogP contribution in [0.3, 0.4) is 0 Å². The van der Waals surface area contributed by atoms with Crippen molar-refractivity contribution in [3.8, 4) is 0 Å². The van der Waals surface area contributed by atoms with Gasteiger partial charge in [0, 0.05) is 6.04 Å². The van der Waals surface area contributed by atoms with Crippen LogP contribution in [-0.4, -0.2) is 55.9 Å². The highest BCUT2D eigenvalue weighted by atomic mass is 32.2. The van der Waals surface area contributed by atoms with Gasteiger partial charge in [0.2, 0.25) is 5.91 Å².